The van der Waals surface area contributed by atoms with Gasteiger partial charge in [0.15, 0.2) is 0 Å². The van der Waals surface area contributed by atoms with Crippen molar-refractivity contribution in [3.8, 4) is 17.6 Å². The molecule has 1 aromatic carbocycles. The fraction of sp³-hybridized carbons (Fsp3) is 0.200. The highest BCUT2D eigenvalue weighted by molar-refractivity contribution is 6.03. The molecule has 0 saturated heterocycles. The molecule has 2 rings (SSSR count). The number of carbonyl (C=O) groups excluding carboxylic acids is 1. The van der Waals surface area contributed by atoms with Gasteiger partial charge in [-0.25, -0.2) is 0 Å². The predicted molar refractivity (Wildman–Crippen MR) is 78.1 cm³/mol. The van der Waals surface area contributed by atoms with Crippen LogP contribution in [0.5, 0.6) is 5.75 Å². The molecule has 1 amide bonds. The van der Waals surface area contributed by atoms with E-state index < -0.39 is 0 Å². The SMILES string of the molecule is COc1ccc(C(=O)Nc2cc(C)no2)cc1C#CCN. The summed E-state index contributed by atoms with van der Waals surface area (Å²) >= 11 is 0. The van der Waals surface area contributed by atoms with Gasteiger partial charge >= 0.3 is 0 Å². The first-order chi connectivity index (χ1) is 10.1. The molecule has 1 heterocycles. The fourth-order valence-corrected chi connectivity index (χ4v) is 1.70. The third-order valence-corrected chi connectivity index (χ3v) is 2.65. The van der Waals surface area contributed by atoms with E-state index in [9.17, 15) is 4.79 Å². The predicted octanol–water partition coefficient (Wildman–Crippen LogP) is 1.55. The van der Waals surface area contributed by atoms with Crippen LogP contribution >= 0.6 is 0 Å². The molecule has 108 valence electrons. The number of ether oxygens (including phenoxy) is 1. The summed E-state index contributed by atoms with van der Waals surface area (Å²) in [6.45, 7) is 2.00. The van der Waals surface area contributed by atoms with E-state index in [4.69, 9.17) is 15.0 Å². The Kier molecular flexibility index (Phi) is 4.59. The molecule has 0 fully saturated rings. The van der Waals surface area contributed by atoms with Gasteiger partial charge in [0.05, 0.1) is 24.9 Å². The molecule has 0 aliphatic heterocycles. The van der Waals surface area contributed by atoms with Gasteiger partial charge in [0.1, 0.15) is 5.75 Å². The standard InChI is InChI=1S/C15H15N3O3/c1-10-8-14(21-18-10)17-15(19)12-5-6-13(20-2)11(9-12)4-3-7-16/h5-6,8-9H,7,16H2,1-2H3,(H,17,19). The van der Waals surface area contributed by atoms with Gasteiger partial charge in [0, 0.05) is 11.6 Å². The second-order valence-corrected chi connectivity index (χ2v) is 4.21. The number of aryl methyl sites for hydroxylation is 1. The van der Waals surface area contributed by atoms with E-state index in [0.717, 1.165) is 0 Å². The van der Waals surface area contributed by atoms with Gasteiger partial charge in [-0.05, 0) is 25.1 Å². The van der Waals surface area contributed by atoms with Crippen LogP contribution in [0.1, 0.15) is 21.6 Å². The summed E-state index contributed by atoms with van der Waals surface area (Å²) in [7, 11) is 1.54. The van der Waals surface area contributed by atoms with E-state index >= 15 is 0 Å². The zero-order valence-electron chi connectivity index (χ0n) is 11.8. The number of aromatic nitrogens is 1. The highest BCUT2D eigenvalue weighted by Crippen LogP contribution is 2.20. The number of amides is 1. The molecule has 0 aliphatic carbocycles. The number of nitrogens with one attached hydrogen (secondary N) is 1. The number of nitrogens with two attached hydrogens (primary N) is 1. The van der Waals surface area contributed by atoms with Crippen LogP contribution in [-0.2, 0) is 0 Å². The van der Waals surface area contributed by atoms with Gasteiger partial charge < -0.3 is 15.0 Å². The number of hydrogen-bond donors (Lipinski definition) is 2. The first-order valence-electron chi connectivity index (χ1n) is 6.25. The molecule has 0 atom stereocenters. The Hall–Kier alpha value is -2.78. The van der Waals surface area contributed by atoms with Crippen molar-refractivity contribution in [3.05, 3.63) is 41.1 Å². The molecule has 0 aliphatic rings. The Morgan fingerprint density at radius 2 is 2.29 bits per heavy atom. The molecular weight excluding hydrogens is 270 g/mol. The quantitative estimate of drug-likeness (QED) is 0.835. The van der Waals surface area contributed by atoms with Gasteiger partial charge in [-0.15, -0.1) is 0 Å². The zero-order chi connectivity index (χ0) is 15.2. The van der Waals surface area contributed by atoms with Crippen LogP contribution in [0, 0.1) is 18.8 Å². The Morgan fingerprint density at radius 1 is 1.48 bits per heavy atom. The Bertz CT molecular complexity index is 710. The normalized spacial score (nSPS) is 9.67. The van der Waals surface area contributed by atoms with E-state index in [2.05, 4.69) is 22.3 Å². The van der Waals surface area contributed by atoms with E-state index in [1.165, 1.54) is 0 Å². The number of rotatable bonds is 3. The van der Waals surface area contributed by atoms with Crippen LogP contribution < -0.4 is 15.8 Å². The number of nitrogens with zero attached hydrogens (tertiary/aromatic N) is 1. The summed E-state index contributed by atoms with van der Waals surface area (Å²) in [6.07, 6.45) is 0. The third-order valence-electron chi connectivity index (χ3n) is 2.65. The number of carbonyl (C=O) groups is 1. The van der Waals surface area contributed by atoms with Gasteiger partial charge in [-0.1, -0.05) is 17.0 Å². The average molecular weight is 285 g/mol. The minimum Gasteiger partial charge on any atom is -0.495 e. The summed E-state index contributed by atoms with van der Waals surface area (Å²) in [5.74, 6) is 6.17. The summed E-state index contributed by atoms with van der Waals surface area (Å²) in [5.41, 5.74) is 7.08. The van der Waals surface area contributed by atoms with Crippen molar-refractivity contribution in [3.63, 3.8) is 0 Å². The maximum absolute atomic E-state index is 12.1. The molecular formula is C15H15N3O3. The zero-order valence-corrected chi connectivity index (χ0v) is 11.8. The highest BCUT2D eigenvalue weighted by Gasteiger charge is 2.11. The number of hydrogen-bond acceptors (Lipinski definition) is 5. The summed E-state index contributed by atoms with van der Waals surface area (Å²) in [6, 6.07) is 6.60. The van der Waals surface area contributed by atoms with Crippen molar-refractivity contribution >= 4 is 11.8 Å². The largest absolute Gasteiger partial charge is 0.495 e. The number of benzene rings is 1. The van der Waals surface area contributed by atoms with Gasteiger partial charge in [-0.3, -0.25) is 10.1 Å². The molecule has 1 aromatic heterocycles. The Balaban J connectivity index is 2.24. The molecule has 0 bridgehead atoms. The van der Waals surface area contributed by atoms with E-state index in [1.54, 1.807) is 38.3 Å². The lowest BCUT2D eigenvalue weighted by Gasteiger charge is -2.06. The van der Waals surface area contributed by atoms with Crippen molar-refractivity contribution in [1.82, 2.24) is 5.16 Å². The van der Waals surface area contributed by atoms with Crippen LogP contribution in [0.15, 0.2) is 28.8 Å². The lowest BCUT2D eigenvalue weighted by atomic mass is 10.1. The monoisotopic (exact) mass is 285 g/mol. The van der Waals surface area contributed by atoms with Crippen LogP contribution in [0.3, 0.4) is 0 Å². The second kappa shape index (κ2) is 6.59. The molecule has 0 radical (unpaired) electrons. The maximum atomic E-state index is 12.1. The minimum atomic E-state index is -0.315. The molecule has 0 saturated carbocycles. The molecule has 3 N–H and O–H groups in total. The lowest BCUT2D eigenvalue weighted by Crippen LogP contribution is -2.11. The van der Waals surface area contributed by atoms with Crippen LogP contribution in [0.25, 0.3) is 0 Å². The lowest BCUT2D eigenvalue weighted by molar-refractivity contribution is 0.102. The summed E-state index contributed by atoms with van der Waals surface area (Å²) in [5, 5.41) is 6.32. The molecule has 0 spiro atoms. The van der Waals surface area contributed by atoms with Crippen molar-refractivity contribution in [2.24, 2.45) is 5.73 Å². The van der Waals surface area contributed by atoms with Crippen molar-refractivity contribution in [1.29, 1.82) is 0 Å². The first-order valence-corrected chi connectivity index (χ1v) is 6.25. The maximum Gasteiger partial charge on any atom is 0.258 e. The van der Waals surface area contributed by atoms with Crippen LogP contribution in [-0.4, -0.2) is 24.7 Å². The van der Waals surface area contributed by atoms with E-state index in [1.807, 2.05) is 0 Å². The molecule has 21 heavy (non-hydrogen) atoms. The van der Waals surface area contributed by atoms with Crippen molar-refractivity contribution < 1.29 is 14.1 Å². The van der Waals surface area contributed by atoms with Crippen LogP contribution in [0.4, 0.5) is 5.88 Å². The van der Waals surface area contributed by atoms with Gasteiger partial charge in [0.25, 0.3) is 5.91 Å². The van der Waals surface area contributed by atoms with Crippen molar-refractivity contribution in [2.45, 2.75) is 6.92 Å². The number of methoxy groups -OCH3 is 1. The molecule has 2 aromatic rings. The van der Waals surface area contributed by atoms with Gasteiger partial charge in [-0.2, -0.15) is 0 Å². The topological polar surface area (TPSA) is 90.4 Å². The van der Waals surface area contributed by atoms with E-state index in [-0.39, 0.29) is 12.5 Å². The molecule has 6 heteroatoms. The third kappa shape index (κ3) is 3.61. The fourth-order valence-electron chi connectivity index (χ4n) is 1.70. The summed E-state index contributed by atoms with van der Waals surface area (Å²) in [4.78, 5) is 12.1. The minimum absolute atomic E-state index is 0.233. The van der Waals surface area contributed by atoms with Crippen molar-refractivity contribution in [2.75, 3.05) is 19.0 Å². The Morgan fingerprint density at radius 3 is 2.90 bits per heavy atom. The number of anilines is 1. The van der Waals surface area contributed by atoms with E-state index in [0.29, 0.717) is 28.5 Å². The molecule has 0 unspecified atom stereocenters. The molecule has 6 nitrogen and oxygen atoms in total. The smallest absolute Gasteiger partial charge is 0.258 e. The average Bonchev–Trinajstić information content (AvgIpc) is 2.89. The van der Waals surface area contributed by atoms with Gasteiger partial charge in [0.2, 0.25) is 5.88 Å². The highest BCUT2D eigenvalue weighted by atomic mass is 16.5. The second-order valence-electron chi connectivity index (χ2n) is 4.21. The summed E-state index contributed by atoms with van der Waals surface area (Å²) < 4.78 is 10.1. The first kappa shape index (κ1) is 14.6. The Labute approximate surface area is 122 Å². The van der Waals surface area contributed by atoms with Crippen LogP contribution in [0.2, 0.25) is 0 Å².